The van der Waals surface area contributed by atoms with E-state index in [4.69, 9.17) is 9.47 Å². The maximum absolute atomic E-state index is 13.4. The quantitative estimate of drug-likeness (QED) is 0.533. The molecule has 2 aromatic carbocycles. The number of carbonyl (C=O) groups excluding carboxylic acids is 1. The number of aryl methyl sites for hydroxylation is 1. The Morgan fingerprint density at radius 3 is 2.68 bits per heavy atom. The summed E-state index contributed by atoms with van der Waals surface area (Å²) < 4.78 is 13.6. The zero-order valence-electron chi connectivity index (χ0n) is 19.5. The van der Waals surface area contributed by atoms with Crippen molar-refractivity contribution in [1.29, 1.82) is 0 Å². The molecule has 0 radical (unpaired) electrons. The van der Waals surface area contributed by atoms with E-state index >= 15 is 0 Å². The first kappa shape index (κ1) is 22.1. The van der Waals surface area contributed by atoms with E-state index < -0.39 is 6.04 Å². The highest BCUT2D eigenvalue weighted by atomic mass is 16.5. The van der Waals surface area contributed by atoms with Gasteiger partial charge in [-0.1, -0.05) is 53.5 Å². The first-order valence-corrected chi connectivity index (χ1v) is 11.8. The third-order valence-electron chi connectivity index (χ3n) is 6.46. The van der Waals surface area contributed by atoms with Gasteiger partial charge in [0.05, 0.1) is 5.57 Å². The summed E-state index contributed by atoms with van der Waals surface area (Å²) >= 11 is 0. The van der Waals surface area contributed by atoms with Crippen LogP contribution in [0.15, 0.2) is 59.8 Å². The van der Waals surface area contributed by atoms with Crippen molar-refractivity contribution in [3.05, 3.63) is 76.5 Å². The minimum absolute atomic E-state index is 0.0401. The number of ether oxygens (including phenoxy) is 2. The number of esters is 1. The Hall–Kier alpha value is -3.68. The largest absolute Gasteiger partial charge is 0.489 e. The Bertz CT molecular complexity index is 1200. The Labute approximate surface area is 199 Å². The number of hydrogen-bond acceptors (Lipinski definition) is 7. The van der Waals surface area contributed by atoms with E-state index in [9.17, 15) is 4.79 Å². The van der Waals surface area contributed by atoms with Crippen LogP contribution in [0.2, 0.25) is 0 Å². The van der Waals surface area contributed by atoms with Crippen molar-refractivity contribution in [1.82, 2.24) is 20.2 Å². The molecular weight excluding hydrogens is 430 g/mol. The fourth-order valence-electron chi connectivity index (χ4n) is 4.61. The van der Waals surface area contributed by atoms with Crippen LogP contribution in [0.4, 0.5) is 5.95 Å². The predicted molar refractivity (Wildman–Crippen MR) is 127 cm³/mol. The molecule has 0 saturated heterocycles. The summed E-state index contributed by atoms with van der Waals surface area (Å²) in [4.78, 5) is 13.4. The SMILES string of the molecule is CC1=C(C(=O)OC2CCCCC2)C(c2cccc(OCc3ccc(C)cc3)c2)n2nnnc2N1. The molecule has 8 heteroatoms. The lowest BCUT2D eigenvalue weighted by Gasteiger charge is -2.29. The predicted octanol–water partition coefficient (Wildman–Crippen LogP) is 4.73. The monoisotopic (exact) mass is 459 g/mol. The molecule has 3 aromatic rings. The summed E-state index contributed by atoms with van der Waals surface area (Å²) in [6, 6.07) is 15.5. The topological polar surface area (TPSA) is 91.2 Å². The molecule has 2 heterocycles. The number of fused-ring (bicyclic) bond motifs is 1. The molecule has 1 N–H and O–H groups in total. The molecular formula is C26H29N5O3. The van der Waals surface area contributed by atoms with E-state index in [-0.39, 0.29) is 12.1 Å². The number of nitrogens with one attached hydrogen (secondary N) is 1. The molecule has 1 fully saturated rings. The standard InChI is InChI=1S/C26H29N5O3/c1-17-11-13-19(14-12-17)16-33-22-10-6-7-20(15-22)24-23(18(2)27-26-28-29-30-31(24)26)25(32)34-21-8-4-3-5-9-21/h6-7,10-15,21,24H,3-5,8-9,16H2,1-2H3,(H,27,28,30). The summed E-state index contributed by atoms with van der Waals surface area (Å²) in [7, 11) is 0. The van der Waals surface area contributed by atoms with Gasteiger partial charge < -0.3 is 14.8 Å². The number of hydrogen-bond donors (Lipinski definition) is 1. The Kier molecular flexibility index (Phi) is 6.29. The summed E-state index contributed by atoms with van der Waals surface area (Å²) in [5.74, 6) is 0.876. The van der Waals surface area contributed by atoms with Crippen LogP contribution in [0, 0.1) is 6.92 Å². The van der Waals surface area contributed by atoms with Crippen LogP contribution in [0.25, 0.3) is 0 Å². The lowest BCUT2D eigenvalue weighted by atomic mass is 9.94. The number of benzene rings is 2. The summed E-state index contributed by atoms with van der Waals surface area (Å²) in [5.41, 5.74) is 4.36. The first-order chi connectivity index (χ1) is 16.6. The molecule has 5 rings (SSSR count). The fourth-order valence-corrected chi connectivity index (χ4v) is 4.61. The van der Waals surface area contributed by atoms with Crippen molar-refractivity contribution in [2.75, 3.05) is 5.32 Å². The molecule has 0 bridgehead atoms. The van der Waals surface area contributed by atoms with Crippen LogP contribution in [-0.4, -0.2) is 32.3 Å². The molecule has 1 aliphatic heterocycles. The number of carbonyl (C=O) groups is 1. The maximum atomic E-state index is 13.4. The van der Waals surface area contributed by atoms with Gasteiger partial charge in [-0.15, -0.1) is 0 Å². The Balaban J connectivity index is 1.42. The molecule has 1 aromatic heterocycles. The zero-order chi connectivity index (χ0) is 23.5. The van der Waals surface area contributed by atoms with Crippen LogP contribution in [0.3, 0.4) is 0 Å². The Morgan fingerprint density at radius 2 is 1.88 bits per heavy atom. The third kappa shape index (κ3) is 4.66. The number of tetrazole rings is 1. The highest BCUT2D eigenvalue weighted by molar-refractivity contribution is 5.92. The van der Waals surface area contributed by atoms with Gasteiger partial charge in [0.2, 0.25) is 5.95 Å². The number of allylic oxidation sites excluding steroid dienone is 1. The van der Waals surface area contributed by atoms with Gasteiger partial charge in [0.1, 0.15) is 24.5 Å². The number of anilines is 1. The van der Waals surface area contributed by atoms with Crippen molar-refractivity contribution in [3.8, 4) is 5.75 Å². The van der Waals surface area contributed by atoms with Gasteiger partial charge in [0.25, 0.3) is 0 Å². The van der Waals surface area contributed by atoms with Crippen molar-refractivity contribution in [2.24, 2.45) is 0 Å². The van der Waals surface area contributed by atoms with E-state index in [1.165, 1.54) is 12.0 Å². The average Bonchev–Trinajstić information content (AvgIpc) is 3.31. The van der Waals surface area contributed by atoms with Crippen LogP contribution in [0.1, 0.15) is 61.8 Å². The summed E-state index contributed by atoms with van der Waals surface area (Å²) in [6.07, 6.45) is 5.17. The van der Waals surface area contributed by atoms with Gasteiger partial charge in [-0.3, -0.25) is 0 Å². The van der Waals surface area contributed by atoms with Crippen LogP contribution in [0.5, 0.6) is 5.75 Å². The molecule has 1 atom stereocenters. The maximum Gasteiger partial charge on any atom is 0.338 e. The van der Waals surface area contributed by atoms with E-state index in [1.807, 2.05) is 31.2 Å². The molecule has 1 aliphatic carbocycles. The molecule has 2 aliphatic rings. The molecule has 176 valence electrons. The van der Waals surface area contributed by atoms with Gasteiger partial charge in [0.15, 0.2) is 0 Å². The number of nitrogens with zero attached hydrogens (tertiary/aromatic N) is 4. The normalized spacial score (nSPS) is 18.2. The van der Waals surface area contributed by atoms with Gasteiger partial charge in [-0.25, -0.2) is 4.79 Å². The molecule has 0 amide bonds. The minimum atomic E-state index is -0.509. The van der Waals surface area contributed by atoms with E-state index in [2.05, 4.69) is 52.0 Å². The fraction of sp³-hybridized carbons (Fsp3) is 0.385. The highest BCUT2D eigenvalue weighted by Crippen LogP contribution is 2.37. The highest BCUT2D eigenvalue weighted by Gasteiger charge is 2.36. The first-order valence-electron chi connectivity index (χ1n) is 11.8. The van der Waals surface area contributed by atoms with E-state index in [0.29, 0.717) is 29.6 Å². The molecule has 8 nitrogen and oxygen atoms in total. The second kappa shape index (κ2) is 9.67. The molecule has 1 saturated carbocycles. The summed E-state index contributed by atoms with van der Waals surface area (Å²) in [6.45, 7) is 4.38. The van der Waals surface area contributed by atoms with Crippen molar-refractivity contribution < 1.29 is 14.3 Å². The second-order valence-electron chi connectivity index (χ2n) is 9.03. The van der Waals surface area contributed by atoms with Gasteiger partial charge in [-0.05, 0) is 73.2 Å². The van der Waals surface area contributed by atoms with Crippen molar-refractivity contribution >= 4 is 11.9 Å². The molecule has 0 spiro atoms. The number of aromatic nitrogens is 4. The average molecular weight is 460 g/mol. The van der Waals surface area contributed by atoms with Gasteiger partial charge >= 0.3 is 5.97 Å². The minimum Gasteiger partial charge on any atom is -0.489 e. The zero-order valence-corrected chi connectivity index (χ0v) is 19.5. The second-order valence-corrected chi connectivity index (χ2v) is 9.03. The lowest BCUT2D eigenvalue weighted by molar-refractivity contribution is -0.146. The smallest absolute Gasteiger partial charge is 0.338 e. The summed E-state index contributed by atoms with van der Waals surface area (Å²) in [5, 5.41) is 15.2. The van der Waals surface area contributed by atoms with Gasteiger partial charge in [0, 0.05) is 5.70 Å². The Morgan fingerprint density at radius 1 is 1.09 bits per heavy atom. The van der Waals surface area contributed by atoms with Crippen molar-refractivity contribution in [3.63, 3.8) is 0 Å². The molecule has 1 unspecified atom stereocenters. The molecule has 34 heavy (non-hydrogen) atoms. The van der Waals surface area contributed by atoms with E-state index in [0.717, 1.165) is 36.8 Å². The number of rotatable bonds is 6. The van der Waals surface area contributed by atoms with Crippen LogP contribution < -0.4 is 10.1 Å². The van der Waals surface area contributed by atoms with Gasteiger partial charge in [-0.2, -0.15) is 4.68 Å². The van der Waals surface area contributed by atoms with Crippen molar-refractivity contribution in [2.45, 2.75) is 64.7 Å². The van der Waals surface area contributed by atoms with Crippen LogP contribution >= 0.6 is 0 Å². The lowest BCUT2D eigenvalue weighted by Crippen LogP contribution is -2.32. The van der Waals surface area contributed by atoms with Crippen LogP contribution in [-0.2, 0) is 16.1 Å². The van der Waals surface area contributed by atoms with E-state index in [1.54, 1.807) is 4.68 Å². The third-order valence-corrected chi connectivity index (χ3v) is 6.46.